The van der Waals surface area contributed by atoms with E-state index in [1.807, 2.05) is 18.2 Å². The van der Waals surface area contributed by atoms with Crippen LogP contribution in [0.2, 0.25) is 0 Å². The van der Waals surface area contributed by atoms with E-state index in [2.05, 4.69) is 41.1 Å². The van der Waals surface area contributed by atoms with Crippen LogP contribution in [0.15, 0.2) is 60.2 Å². The van der Waals surface area contributed by atoms with Crippen LogP contribution < -0.4 is 10.7 Å². The van der Waals surface area contributed by atoms with Crippen LogP contribution in [0, 0.1) is 12.1 Å². The van der Waals surface area contributed by atoms with Crippen molar-refractivity contribution in [3.63, 3.8) is 0 Å². The largest absolute Gasteiger partial charge is 0.453 e. The standard InChI is InChI=1S/C31H33N3O6/c1-31(2,3)40-29(37)28(36)32-26(18-20-12-6-5-7-13-20)27(35)33-34(4)30(38)39-19-25-23-16-10-8-14-21(23)22-15-9-11-17-24(22)25/h6,8-10,12-16,25-26H,11,17-19H2,1-4H3,(H,32,36)(H,33,35)/t25?,26-/m0/s1. The maximum absolute atomic E-state index is 13.2. The van der Waals surface area contributed by atoms with Gasteiger partial charge < -0.3 is 14.8 Å². The zero-order valence-corrected chi connectivity index (χ0v) is 23.1. The molecule has 2 N–H and O–H groups in total. The summed E-state index contributed by atoms with van der Waals surface area (Å²) >= 11 is 0. The van der Waals surface area contributed by atoms with E-state index in [9.17, 15) is 19.2 Å². The van der Waals surface area contributed by atoms with Crippen molar-refractivity contribution in [1.29, 1.82) is 0 Å². The number of amides is 3. The van der Waals surface area contributed by atoms with E-state index in [0.29, 0.717) is 5.56 Å². The number of carbonyl (C=O) groups excluding carboxylic acids is 4. The van der Waals surface area contributed by atoms with Crippen molar-refractivity contribution >= 4 is 29.5 Å². The zero-order chi connectivity index (χ0) is 28.9. The summed E-state index contributed by atoms with van der Waals surface area (Å²) in [5.74, 6) is -2.96. The number of ether oxygens (including phenoxy) is 2. The zero-order valence-electron chi connectivity index (χ0n) is 23.1. The molecule has 0 heterocycles. The van der Waals surface area contributed by atoms with E-state index < -0.39 is 35.5 Å². The lowest BCUT2D eigenvalue weighted by atomic mass is 9.91. The van der Waals surface area contributed by atoms with E-state index >= 15 is 0 Å². The molecular formula is C31H33N3O6. The van der Waals surface area contributed by atoms with E-state index in [1.54, 1.807) is 39.0 Å². The maximum Gasteiger partial charge on any atom is 0.428 e. The second-order valence-electron chi connectivity index (χ2n) is 10.7. The van der Waals surface area contributed by atoms with Gasteiger partial charge in [0.2, 0.25) is 0 Å². The first-order valence-electron chi connectivity index (χ1n) is 13.1. The highest BCUT2D eigenvalue weighted by molar-refractivity contribution is 6.33. The van der Waals surface area contributed by atoms with Crippen molar-refractivity contribution in [2.75, 3.05) is 13.7 Å². The number of rotatable bonds is 6. The van der Waals surface area contributed by atoms with Crippen molar-refractivity contribution in [2.45, 2.75) is 57.6 Å². The van der Waals surface area contributed by atoms with Gasteiger partial charge in [0.25, 0.3) is 5.91 Å². The molecule has 2 aromatic rings. The lowest BCUT2D eigenvalue weighted by Crippen LogP contribution is -2.55. The van der Waals surface area contributed by atoms with Crippen LogP contribution in [0.4, 0.5) is 4.79 Å². The van der Waals surface area contributed by atoms with Crippen molar-refractivity contribution in [2.24, 2.45) is 0 Å². The monoisotopic (exact) mass is 543 g/mol. The van der Waals surface area contributed by atoms with Crippen LogP contribution in [0.3, 0.4) is 0 Å². The van der Waals surface area contributed by atoms with E-state index in [1.165, 1.54) is 18.2 Å². The second-order valence-corrected chi connectivity index (χ2v) is 10.7. The summed E-state index contributed by atoms with van der Waals surface area (Å²) in [7, 11) is 1.36. The Hall–Kier alpha value is -4.58. The summed E-state index contributed by atoms with van der Waals surface area (Å²) in [6.45, 7) is 5.01. The van der Waals surface area contributed by atoms with Gasteiger partial charge in [-0.2, -0.15) is 0 Å². The number of hydrogen-bond acceptors (Lipinski definition) is 6. The number of benzene rings is 1. The third-order valence-electron chi connectivity index (χ3n) is 6.55. The molecule has 40 heavy (non-hydrogen) atoms. The fraction of sp³-hybridized carbons (Fsp3) is 0.355. The first-order chi connectivity index (χ1) is 19.0. The van der Waals surface area contributed by atoms with Crippen molar-refractivity contribution < 1.29 is 28.7 Å². The van der Waals surface area contributed by atoms with Gasteiger partial charge in [-0.1, -0.05) is 54.1 Å². The molecule has 3 amide bonds. The average Bonchev–Trinajstić information content (AvgIpc) is 3.24. The quantitative estimate of drug-likeness (QED) is 0.327. The molecule has 2 atom stereocenters. The molecule has 0 bridgehead atoms. The minimum absolute atomic E-state index is 0.0394. The minimum Gasteiger partial charge on any atom is -0.453 e. The molecule has 2 aliphatic rings. The topological polar surface area (TPSA) is 114 Å². The van der Waals surface area contributed by atoms with Gasteiger partial charge in [0.05, 0.1) is 0 Å². The van der Waals surface area contributed by atoms with Crippen LogP contribution in [-0.4, -0.2) is 54.2 Å². The Kier molecular flexibility index (Phi) is 8.58. The van der Waals surface area contributed by atoms with Gasteiger partial charge >= 0.3 is 18.0 Å². The van der Waals surface area contributed by atoms with Gasteiger partial charge in [-0.25, -0.2) is 14.6 Å². The summed E-state index contributed by atoms with van der Waals surface area (Å²) in [6, 6.07) is 17.4. The van der Waals surface area contributed by atoms with Crippen molar-refractivity contribution in [1.82, 2.24) is 15.8 Å². The fourth-order valence-corrected chi connectivity index (χ4v) is 4.76. The van der Waals surface area contributed by atoms with Crippen LogP contribution >= 0.6 is 0 Å². The van der Waals surface area contributed by atoms with E-state index in [-0.39, 0.29) is 18.9 Å². The van der Waals surface area contributed by atoms with Crippen molar-refractivity contribution in [3.05, 3.63) is 89.0 Å². The molecule has 0 aromatic heterocycles. The van der Waals surface area contributed by atoms with Gasteiger partial charge in [0, 0.05) is 19.4 Å². The van der Waals surface area contributed by atoms with E-state index in [0.717, 1.165) is 29.0 Å². The lowest BCUT2D eigenvalue weighted by molar-refractivity contribution is -0.163. The number of fused-ring (bicyclic) bond motifs is 2. The van der Waals surface area contributed by atoms with Gasteiger partial charge in [-0.3, -0.25) is 15.0 Å². The Morgan fingerprint density at radius 2 is 1.90 bits per heavy atom. The first kappa shape index (κ1) is 28.4. The number of hydrogen-bond donors (Lipinski definition) is 2. The summed E-state index contributed by atoms with van der Waals surface area (Å²) in [6.07, 6.45) is 5.38. The van der Waals surface area contributed by atoms with Gasteiger partial charge in [-0.15, -0.1) is 0 Å². The molecule has 2 aliphatic carbocycles. The number of carbonyl (C=O) groups is 4. The van der Waals surface area contributed by atoms with Crippen LogP contribution in [0.1, 0.15) is 56.2 Å². The molecule has 0 fully saturated rings. The molecule has 208 valence electrons. The Labute approximate surface area is 234 Å². The Morgan fingerprint density at radius 3 is 2.62 bits per heavy atom. The maximum atomic E-state index is 13.2. The molecule has 0 spiro atoms. The number of allylic oxidation sites excluding steroid dienone is 3. The summed E-state index contributed by atoms with van der Waals surface area (Å²) < 4.78 is 10.7. The molecule has 9 nitrogen and oxygen atoms in total. The van der Waals surface area contributed by atoms with Gasteiger partial charge in [-0.05, 0) is 74.1 Å². The molecular weight excluding hydrogens is 510 g/mol. The average molecular weight is 544 g/mol. The molecule has 0 saturated carbocycles. The highest BCUT2D eigenvalue weighted by Crippen LogP contribution is 2.46. The third kappa shape index (κ3) is 6.89. The molecule has 2 aromatic carbocycles. The minimum atomic E-state index is -1.19. The number of nitrogens with zero attached hydrogens (tertiary/aromatic N) is 1. The normalized spacial score (nSPS) is 16.1. The lowest BCUT2D eigenvalue weighted by Gasteiger charge is -2.25. The number of esters is 1. The van der Waals surface area contributed by atoms with Gasteiger partial charge in [0.15, 0.2) is 0 Å². The van der Waals surface area contributed by atoms with E-state index in [4.69, 9.17) is 9.47 Å². The molecule has 0 saturated heterocycles. The molecule has 9 heteroatoms. The second kappa shape index (κ2) is 12.1. The number of nitrogens with one attached hydrogen (secondary N) is 2. The van der Waals surface area contributed by atoms with Crippen LogP contribution in [-0.2, 0) is 30.3 Å². The summed E-state index contributed by atoms with van der Waals surface area (Å²) in [5.41, 5.74) is 6.92. The SMILES string of the molecule is CN(NC(=O)[C@H](Cc1cc#ccc1)NC(=O)C(=O)OC(C)(C)C)C(=O)OCC1C2=C(C=CCC2)c2ccccc21. The third-order valence-corrected chi connectivity index (χ3v) is 6.55. The summed E-state index contributed by atoms with van der Waals surface area (Å²) in [5, 5.41) is 3.34. The molecule has 0 aliphatic heterocycles. The predicted octanol–water partition coefficient (Wildman–Crippen LogP) is 3.66. The highest BCUT2D eigenvalue weighted by Gasteiger charge is 2.33. The molecule has 4 rings (SSSR count). The van der Waals surface area contributed by atoms with Crippen LogP contribution in [0.25, 0.3) is 5.57 Å². The molecule has 0 radical (unpaired) electrons. The molecule has 1 unspecified atom stereocenters. The van der Waals surface area contributed by atoms with Crippen LogP contribution in [0.5, 0.6) is 0 Å². The smallest absolute Gasteiger partial charge is 0.428 e. The van der Waals surface area contributed by atoms with Crippen molar-refractivity contribution in [3.8, 4) is 0 Å². The highest BCUT2D eigenvalue weighted by atomic mass is 16.6. The summed E-state index contributed by atoms with van der Waals surface area (Å²) in [4.78, 5) is 50.8. The Balaban J connectivity index is 1.40. The Bertz CT molecular complexity index is 1340. The number of hydrazine groups is 1. The predicted molar refractivity (Wildman–Crippen MR) is 147 cm³/mol. The first-order valence-corrected chi connectivity index (χ1v) is 13.1. The Morgan fingerprint density at radius 1 is 1.12 bits per heavy atom. The van der Waals surface area contributed by atoms with Gasteiger partial charge in [0.1, 0.15) is 18.2 Å². The fourth-order valence-electron chi connectivity index (χ4n) is 4.76.